The number of rotatable bonds is 7. The van der Waals surface area contributed by atoms with Crippen LogP contribution in [0, 0.1) is 6.92 Å². The molecule has 0 saturated carbocycles. The van der Waals surface area contributed by atoms with Gasteiger partial charge in [-0.1, -0.05) is 0 Å². The second kappa shape index (κ2) is 7.31. The van der Waals surface area contributed by atoms with Gasteiger partial charge in [0.2, 0.25) is 5.91 Å². The van der Waals surface area contributed by atoms with Gasteiger partial charge in [0.25, 0.3) is 0 Å². The van der Waals surface area contributed by atoms with E-state index in [2.05, 4.69) is 5.32 Å². The van der Waals surface area contributed by atoms with Crippen LogP contribution in [0.15, 0.2) is 41.2 Å². The fourth-order valence-corrected chi connectivity index (χ4v) is 1.92. The molecule has 1 aromatic heterocycles. The molecule has 1 heterocycles. The Labute approximate surface area is 127 Å². The number of carbonyl (C=O) groups excluding carboxylic acids is 1. The topological polar surface area (TPSA) is 88.8 Å². The number of furan rings is 1. The van der Waals surface area contributed by atoms with Crippen LogP contribution < -0.4 is 10.1 Å². The van der Waals surface area contributed by atoms with E-state index in [9.17, 15) is 9.59 Å². The minimum atomic E-state index is -1.03. The smallest absolute Gasteiger partial charge is 0.341 e. The van der Waals surface area contributed by atoms with E-state index in [1.54, 1.807) is 30.7 Å². The van der Waals surface area contributed by atoms with Gasteiger partial charge in [0.05, 0.1) is 12.5 Å². The lowest BCUT2D eigenvalue weighted by Crippen LogP contribution is -2.13. The SMILES string of the molecule is Cc1cc(OCC(=O)O)ccc1NC(=O)CCc1ccoc1. The number of aliphatic carboxylic acids is 1. The molecule has 1 aromatic carbocycles. The highest BCUT2D eigenvalue weighted by atomic mass is 16.5. The summed E-state index contributed by atoms with van der Waals surface area (Å²) in [4.78, 5) is 22.4. The Balaban J connectivity index is 1.89. The first-order chi connectivity index (χ1) is 10.5. The lowest BCUT2D eigenvalue weighted by Gasteiger charge is -2.10. The molecule has 0 fully saturated rings. The molecule has 116 valence electrons. The molecule has 2 aromatic rings. The zero-order chi connectivity index (χ0) is 15.9. The van der Waals surface area contributed by atoms with Crippen LogP contribution >= 0.6 is 0 Å². The molecule has 6 heteroatoms. The van der Waals surface area contributed by atoms with Gasteiger partial charge in [-0.15, -0.1) is 0 Å². The number of ether oxygens (including phenoxy) is 1. The Morgan fingerprint density at radius 3 is 2.77 bits per heavy atom. The second-order valence-corrected chi connectivity index (χ2v) is 4.84. The Morgan fingerprint density at radius 1 is 1.32 bits per heavy atom. The molecule has 0 atom stereocenters. The average molecular weight is 303 g/mol. The minimum absolute atomic E-state index is 0.0940. The Bertz CT molecular complexity index is 649. The average Bonchev–Trinajstić information content (AvgIpc) is 2.99. The molecule has 0 spiro atoms. The molecule has 2 rings (SSSR count). The van der Waals surface area contributed by atoms with Gasteiger partial charge in [-0.05, 0) is 48.7 Å². The van der Waals surface area contributed by atoms with Gasteiger partial charge in [0.1, 0.15) is 5.75 Å². The molecule has 0 unspecified atom stereocenters. The molecule has 0 aliphatic carbocycles. The van der Waals surface area contributed by atoms with E-state index in [4.69, 9.17) is 14.3 Å². The minimum Gasteiger partial charge on any atom is -0.482 e. The Hall–Kier alpha value is -2.76. The highest BCUT2D eigenvalue weighted by Gasteiger charge is 2.07. The number of anilines is 1. The molecule has 0 aliphatic heterocycles. The summed E-state index contributed by atoms with van der Waals surface area (Å²) >= 11 is 0. The first-order valence-electron chi connectivity index (χ1n) is 6.81. The van der Waals surface area contributed by atoms with Gasteiger partial charge in [0, 0.05) is 12.1 Å². The predicted octanol–water partition coefficient (Wildman–Crippen LogP) is 2.62. The van der Waals surface area contributed by atoms with Gasteiger partial charge >= 0.3 is 5.97 Å². The summed E-state index contributed by atoms with van der Waals surface area (Å²) in [5, 5.41) is 11.4. The lowest BCUT2D eigenvalue weighted by molar-refractivity contribution is -0.139. The predicted molar refractivity (Wildman–Crippen MR) is 80.0 cm³/mol. The van der Waals surface area contributed by atoms with E-state index in [0.29, 0.717) is 24.3 Å². The molecule has 0 saturated heterocycles. The van der Waals surface area contributed by atoms with Crippen LogP contribution in [0.2, 0.25) is 0 Å². The van der Waals surface area contributed by atoms with Crippen LogP contribution in [0.1, 0.15) is 17.5 Å². The third kappa shape index (κ3) is 4.66. The van der Waals surface area contributed by atoms with E-state index in [-0.39, 0.29) is 5.91 Å². The summed E-state index contributed by atoms with van der Waals surface area (Å²) in [6.45, 7) is 1.43. The van der Waals surface area contributed by atoms with Crippen molar-refractivity contribution in [2.75, 3.05) is 11.9 Å². The molecule has 6 nitrogen and oxygen atoms in total. The van der Waals surface area contributed by atoms with Crippen molar-refractivity contribution in [2.45, 2.75) is 19.8 Å². The van der Waals surface area contributed by atoms with E-state index in [1.807, 2.05) is 13.0 Å². The van der Waals surface area contributed by atoms with Crippen molar-refractivity contribution in [1.82, 2.24) is 0 Å². The van der Waals surface area contributed by atoms with Crippen molar-refractivity contribution in [3.63, 3.8) is 0 Å². The van der Waals surface area contributed by atoms with Crippen molar-refractivity contribution in [2.24, 2.45) is 0 Å². The quantitative estimate of drug-likeness (QED) is 0.820. The third-order valence-corrected chi connectivity index (χ3v) is 3.06. The van der Waals surface area contributed by atoms with Crippen molar-refractivity contribution in [1.29, 1.82) is 0 Å². The molecule has 22 heavy (non-hydrogen) atoms. The molecular formula is C16H17NO5. The van der Waals surface area contributed by atoms with Gasteiger partial charge in [-0.25, -0.2) is 4.79 Å². The van der Waals surface area contributed by atoms with Gasteiger partial charge in [0.15, 0.2) is 6.61 Å². The number of carbonyl (C=O) groups is 2. The van der Waals surface area contributed by atoms with Gasteiger partial charge < -0.3 is 19.6 Å². The summed E-state index contributed by atoms with van der Waals surface area (Å²) in [6, 6.07) is 6.84. The molecule has 0 bridgehead atoms. The summed E-state index contributed by atoms with van der Waals surface area (Å²) in [5.41, 5.74) is 2.46. The van der Waals surface area contributed by atoms with Crippen molar-refractivity contribution in [3.8, 4) is 5.75 Å². The molecule has 0 aliphatic rings. The Morgan fingerprint density at radius 2 is 2.14 bits per heavy atom. The maximum Gasteiger partial charge on any atom is 0.341 e. The zero-order valence-corrected chi connectivity index (χ0v) is 12.2. The van der Waals surface area contributed by atoms with Crippen LogP contribution in [-0.2, 0) is 16.0 Å². The number of nitrogens with one attached hydrogen (secondary N) is 1. The van der Waals surface area contributed by atoms with Crippen LogP contribution in [-0.4, -0.2) is 23.6 Å². The van der Waals surface area contributed by atoms with E-state index in [1.165, 1.54) is 0 Å². The number of aryl methyl sites for hydroxylation is 2. The molecule has 1 amide bonds. The second-order valence-electron chi connectivity index (χ2n) is 4.84. The molecule has 2 N–H and O–H groups in total. The maximum atomic E-state index is 11.9. The number of benzene rings is 1. The van der Waals surface area contributed by atoms with Gasteiger partial charge in [-0.2, -0.15) is 0 Å². The van der Waals surface area contributed by atoms with E-state index < -0.39 is 12.6 Å². The highest BCUT2D eigenvalue weighted by Crippen LogP contribution is 2.21. The number of hydrogen-bond donors (Lipinski definition) is 2. The van der Waals surface area contributed by atoms with Crippen LogP contribution in [0.3, 0.4) is 0 Å². The molecular weight excluding hydrogens is 286 g/mol. The van der Waals surface area contributed by atoms with Gasteiger partial charge in [-0.3, -0.25) is 4.79 Å². The normalized spacial score (nSPS) is 10.2. The summed E-state index contributed by atoms with van der Waals surface area (Å²) in [7, 11) is 0. The first kappa shape index (κ1) is 15.6. The summed E-state index contributed by atoms with van der Waals surface area (Å²) in [6.07, 6.45) is 4.16. The van der Waals surface area contributed by atoms with E-state index >= 15 is 0 Å². The maximum absolute atomic E-state index is 11.9. The third-order valence-electron chi connectivity index (χ3n) is 3.06. The number of hydrogen-bond acceptors (Lipinski definition) is 4. The zero-order valence-electron chi connectivity index (χ0n) is 12.2. The first-order valence-corrected chi connectivity index (χ1v) is 6.81. The number of carboxylic acid groups (broad SMARTS) is 1. The van der Waals surface area contributed by atoms with Crippen LogP contribution in [0.4, 0.5) is 5.69 Å². The van der Waals surface area contributed by atoms with Crippen LogP contribution in [0.25, 0.3) is 0 Å². The fraction of sp³-hybridized carbons (Fsp3) is 0.250. The number of amides is 1. The lowest BCUT2D eigenvalue weighted by atomic mass is 10.1. The van der Waals surface area contributed by atoms with Crippen molar-refractivity contribution >= 4 is 17.6 Å². The highest BCUT2D eigenvalue weighted by molar-refractivity contribution is 5.91. The van der Waals surface area contributed by atoms with Crippen molar-refractivity contribution in [3.05, 3.63) is 47.9 Å². The summed E-state index contributed by atoms with van der Waals surface area (Å²) < 4.78 is 10.0. The summed E-state index contributed by atoms with van der Waals surface area (Å²) in [5.74, 6) is -0.672. The van der Waals surface area contributed by atoms with Crippen molar-refractivity contribution < 1.29 is 23.8 Å². The monoisotopic (exact) mass is 303 g/mol. The largest absolute Gasteiger partial charge is 0.482 e. The number of carboxylic acids is 1. The van der Waals surface area contributed by atoms with Crippen LogP contribution in [0.5, 0.6) is 5.75 Å². The van der Waals surface area contributed by atoms with E-state index in [0.717, 1.165) is 11.1 Å². The Kier molecular flexibility index (Phi) is 5.19. The molecule has 0 radical (unpaired) electrons. The standard InChI is InChI=1S/C16H17NO5/c1-11-8-13(22-10-16(19)20)3-4-14(11)17-15(18)5-2-12-6-7-21-9-12/h3-4,6-9H,2,5,10H2,1H3,(H,17,18)(H,19,20). The fourth-order valence-electron chi connectivity index (χ4n) is 1.92.